The highest BCUT2D eigenvalue weighted by atomic mass is 32.2. The summed E-state index contributed by atoms with van der Waals surface area (Å²) < 4.78 is 27.1. The highest BCUT2D eigenvalue weighted by Crippen LogP contribution is 2.23. The average molecular weight is 445 g/mol. The topological polar surface area (TPSA) is 92.3 Å². The van der Waals surface area contributed by atoms with Gasteiger partial charge in [0.2, 0.25) is 5.13 Å². The molecule has 0 aliphatic carbocycles. The van der Waals surface area contributed by atoms with Crippen molar-refractivity contribution in [2.75, 3.05) is 16.7 Å². The van der Waals surface area contributed by atoms with Crippen molar-refractivity contribution >= 4 is 38.1 Å². The molecule has 0 aliphatic rings. The van der Waals surface area contributed by atoms with Gasteiger partial charge in [0.05, 0.1) is 10.6 Å². The quantitative estimate of drug-likeness (QED) is 0.496. The first-order chi connectivity index (χ1) is 14.4. The van der Waals surface area contributed by atoms with Gasteiger partial charge in [-0.25, -0.2) is 8.42 Å². The van der Waals surface area contributed by atoms with E-state index in [0.29, 0.717) is 10.8 Å². The van der Waals surface area contributed by atoms with Crippen LogP contribution in [0.2, 0.25) is 0 Å². The zero-order valence-electron chi connectivity index (χ0n) is 16.9. The summed E-state index contributed by atoms with van der Waals surface area (Å²) in [6.07, 6.45) is 4.12. The van der Waals surface area contributed by atoms with Gasteiger partial charge in [0.25, 0.3) is 15.9 Å². The predicted octanol–water partition coefficient (Wildman–Crippen LogP) is 4.35. The van der Waals surface area contributed by atoms with E-state index in [1.54, 1.807) is 36.4 Å². The number of unbranched alkanes of at least 4 members (excludes halogenated alkanes) is 2. The lowest BCUT2D eigenvalue weighted by Gasteiger charge is -2.19. The fraction of sp³-hybridized carbons (Fsp3) is 0.286. The minimum Gasteiger partial charge on any atom is -0.296 e. The Balaban J connectivity index is 1.74. The number of sulfonamides is 1. The highest BCUT2D eigenvalue weighted by Gasteiger charge is 2.22. The summed E-state index contributed by atoms with van der Waals surface area (Å²) in [7, 11) is -2.32. The second kappa shape index (κ2) is 9.82. The molecule has 3 aromatic rings. The fourth-order valence-corrected chi connectivity index (χ4v) is 4.85. The van der Waals surface area contributed by atoms with Crippen molar-refractivity contribution in [1.82, 2.24) is 10.2 Å². The van der Waals surface area contributed by atoms with Gasteiger partial charge < -0.3 is 0 Å². The number of rotatable bonds is 9. The van der Waals surface area contributed by atoms with Crippen LogP contribution < -0.4 is 9.62 Å². The van der Waals surface area contributed by atoms with Gasteiger partial charge in [0, 0.05) is 19.0 Å². The molecule has 7 nitrogen and oxygen atoms in total. The maximum Gasteiger partial charge on any atom is 0.264 e. The van der Waals surface area contributed by atoms with Crippen LogP contribution in [0.5, 0.6) is 0 Å². The summed E-state index contributed by atoms with van der Waals surface area (Å²) in [6, 6.07) is 14.7. The van der Waals surface area contributed by atoms with Gasteiger partial charge in [-0.1, -0.05) is 55.4 Å². The molecular formula is C21H24N4O3S2. The third-order valence-electron chi connectivity index (χ3n) is 4.56. The van der Waals surface area contributed by atoms with E-state index >= 15 is 0 Å². The summed E-state index contributed by atoms with van der Waals surface area (Å²) in [5.41, 5.74) is 0.775. The number of carbonyl (C=O) groups is 1. The fourth-order valence-electron chi connectivity index (χ4n) is 2.83. The van der Waals surface area contributed by atoms with Crippen molar-refractivity contribution in [2.45, 2.75) is 37.5 Å². The molecule has 30 heavy (non-hydrogen) atoms. The van der Waals surface area contributed by atoms with Gasteiger partial charge in [-0.05, 0) is 36.8 Å². The SMILES string of the molecule is CCCCCc1nnc(NC(=O)c2cccc(S(=O)(=O)N(C)c3ccccc3)c2)s1. The largest absolute Gasteiger partial charge is 0.296 e. The van der Waals surface area contributed by atoms with E-state index in [4.69, 9.17) is 0 Å². The maximum absolute atomic E-state index is 13.0. The monoisotopic (exact) mass is 444 g/mol. The molecule has 0 saturated carbocycles. The normalized spacial score (nSPS) is 11.3. The number of benzene rings is 2. The summed E-state index contributed by atoms with van der Waals surface area (Å²) in [4.78, 5) is 12.7. The Kier molecular flexibility index (Phi) is 7.17. The number of hydrogen-bond acceptors (Lipinski definition) is 6. The summed E-state index contributed by atoms with van der Waals surface area (Å²) in [6.45, 7) is 2.14. The van der Waals surface area contributed by atoms with E-state index in [9.17, 15) is 13.2 Å². The van der Waals surface area contributed by atoms with Crippen molar-refractivity contribution in [3.63, 3.8) is 0 Å². The van der Waals surface area contributed by atoms with Crippen LogP contribution in [0.1, 0.15) is 41.6 Å². The van der Waals surface area contributed by atoms with Crippen LogP contribution in [0.4, 0.5) is 10.8 Å². The minimum absolute atomic E-state index is 0.0408. The molecule has 1 aromatic heterocycles. The van der Waals surface area contributed by atoms with Gasteiger partial charge in [0.1, 0.15) is 5.01 Å². The molecule has 3 rings (SSSR count). The van der Waals surface area contributed by atoms with Gasteiger partial charge in [-0.15, -0.1) is 10.2 Å². The molecular weight excluding hydrogens is 420 g/mol. The Morgan fingerprint density at radius 1 is 1.07 bits per heavy atom. The standard InChI is InChI=1S/C21H24N4O3S2/c1-3-4-6-14-19-23-24-21(29-19)22-20(26)16-10-9-13-18(15-16)30(27,28)25(2)17-11-7-5-8-12-17/h5,7-13,15H,3-4,6,14H2,1-2H3,(H,22,24,26). The van der Waals surface area contributed by atoms with Crippen LogP contribution in [0.25, 0.3) is 0 Å². The first-order valence-electron chi connectivity index (χ1n) is 9.69. The number of aryl methyl sites for hydroxylation is 1. The second-order valence-electron chi connectivity index (χ2n) is 6.75. The van der Waals surface area contributed by atoms with Crippen LogP contribution in [0.3, 0.4) is 0 Å². The number of nitrogens with one attached hydrogen (secondary N) is 1. The van der Waals surface area contributed by atoms with E-state index in [1.165, 1.54) is 34.8 Å². The molecule has 0 atom stereocenters. The van der Waals surface area contributed by atoms with Crippen LogP contribution in [0.15, 0.2) is 59.5 Å². The summed E-state index contributed by atoms with van der Waals surface area (Å²) in [5.74, 6) is -0.425. The second-order valence-corrected chi connectivity index (χ2v) is 9.78. The average Bonchev–Trinajstić information content (AvgIpc) is 3.21. The third kappa shape index (κ3) is 5.22. The predicted molar refractivity (Wildman–Crippen MR) is 120 cm³/mol. The highest BCUT2D eigenvalue weighted by molar-refractivity contribution is 7.92. The van der Waals surface area contributed by atoms with Crippen LogP contribution >= 0.6 is 11.3 Å². The van der Waals surface area contributed by atoms with Gasteiger partial charge >= 0.3 is 0 Å². The number of nitrogens with zero attached hydrogens (tertiary/aromatic N) is 3. The van der Waals surface area contributed by atoms with Crippen molar-refractivity contribution in [1.29, 1.82) is 0 Å². The zero-order valence-corrected chi connectivity index (χ0v) is 18.5. The molecule has 9 heteroatoms. The number of anilines is 2. The van der Waals surface area contributed by atoms with Crippen LogP contribution in [0, 0.1) is 0 Å². The molecule has 0 spiro atoms. The molecule has 158 valence electrons. The van der Waals surface area contributed by atoms with Crippen LogP contribution in [-0.2, 0) is 16.4 Å². The molecule has 0 bridgehead atoms. The molecule has 1 amide bonds. The first-order valence-corrected chi connectivity index (χ1v) is 11.9. The number of hydrogen-bond donors (Lipinski definition) is 1. The van der Waals surface area contributed by atoms with Gasteiger partial charge in [-0.2, -0.15) is 0 Å². The number of para-hydroxylation sites is 1. The van der Waals surface area contributed by atoms with Crippen LogP contribution in [-0.4, -0.2) is 31.6 Å². The molecule has 0 aliphatic heterocycles. The first kappa shape index (κ1) is 21.9. The lowest BCUT2D eigenvalue weighted by Crippen LogP contribution is -2.26. The number of aromatic nitrogens is 2. The molecule has 0 fully saturated rings. The van der Waals surface area contributed by atoms with Crippen molar-refractivity contribution in [3.05, 3.63) is 65.2 Å². The Bertz CT molecular complexity index is 1100. The summed E-state index contributed by atoms with van der Waals surface area (Å²) >= 11 is 1.34. The maximum atomic E-state index is 13.0. The summed E-state index contributed by atoms with van der Waals surface area (Å²) in [5, 5.41) is 12.1. The Labute approximate surface area is 180 Å². The molecule has 0 radical (unpaired) electrons. The Hall–Kier alpha value is -2.78. The minimum atomic E-state index is -3.80. The number of carbonyl (C=O) groups excluding carboxylic acids is 1. The molecule has 2 aromatic carbocycles. The lowest BCUT2D eigenvalue weighted by atomic mass is 10.2. The van der Waals surface area contributed by atoms with E-state index in [2.05, 4.69) is 22.4 Å². The van der Waals surface area contributed by atoms with Crippen molar-refractivity contribution in [3.8, 4) is 0 Å². The van der Waals surface area contributed by atoms with Crippen molar-refractivity contribution in [2.24, 2.45) is 0 Å². The molecule has 1 N–H and O–H groups in total. The van der Waals surface area contributed by atoms with Gasteiger partial charge in [-0.3, -0.25) is 14.4 Å². The van der Waals surface area contributed by atoms with E-state index in [-0.39, 0.29) is 10.5 Å². The third-order valence-corrected chi connectivity index (χ3v) is 7.24. The van der Waals surface area contributed by atoms with E-state index in [0.717, 1.165) is 30.7 Å². The Morgan fingerprint density at radius 3 is 2.57 bits per heavy atom. The van der Waals surface area contributed by atoms with E-state index < -0.39 is 15.9 Å². The Morgan fingerprint density at radius 2 is 1.83 bits per heavy atom. The smallest absolute Gasteiger partial charge is 0.264 e. The molecule has 0 unspecified atom stereocenters. The van der Waals surface area contributed by atoms with E-state index in [1.807, 2.05) is 6.07 Å². The lowest BCUT2D eigenvalue weighted by molar-refractivity contribution is 0.102. The zero-order chi connectivity index (χ0) is 21.6. The van der Waals surface area contributed by atoms with Crippen molar-refractivity contribution < 1.29 is 13.2 Å². The molecule has 0 saturated heterocycles. The van der Waals surface area contributed by atoms with Gasteiger partial charge in [0.15, 0.2) is 0 Å². The number of amides is 1. The molecule has 1 heterocycles.